The summed E-state index contributed by atoms with van der Waals surface area (Å²) >= 11 is 0. The van der Waals surface area contributed by atoms with Gasteiger partial charge in [-0.25, -0.2) is 0 Å². The first kappa shape index (κ1) is 13.3. The number of allylic oxidation sites excluding steroid dienone is 5. The monoisotopic (exact) mass is 296 g/mol. The Morgan fingerprint density at radius 2 is 2.14 bits per heavy atom. The molecule has 0 N–H and O–H groups in total. The lowest BCUT2D eigenvalue weighted by Crippen LogP contribution is -2.50. The second-order valence-corrected chi connectivity index (χ2v) is 8.64. The minimum Gasteiger partial charge on any atom is -0.369 e. The molecule has 3 saturated carbocycles. The molecule has 1 heterocycles. The van der Waals surface area contributed by atoms with Crippen LogP contribution in [0.5, 0.6) is 0 Å². The minimum absolute atomic E-state index is 0.0167. The van der Waals surface area contributed by atoms with E-state index in [-0.39, 0.29) is 11.2 Å². The van der Waals surface area contributed by atoms with Gasteiger partial charge in [0.15, 0.2) is 5.78 Å². The van der Waals surface area contributed by atoms with Crippen molar-refractivity contribution in [2.75, 3.05) is 0 Å². The fourth-order valence-electron chi connectivity index (χ4n) is 6.51. The van der Waals surface area contributed by atoms with Gasteiger partial charge in [0.25, 0.3) is 0 Å². The van der Waals surface area contributed by atoms with Crippen LogP contribution >= 0.6 is 0 Å². The Morgan fingerprint density at radius 1 is 1.32 bits per heavy atom. The third-order valence-corrected chi connectivity index (χ3v) is 7.69. The Kier molecular flexibility index (Phi) is 2.32. The van der Waals surface area contributed by atoms with E-state index in [1.807, 2.05) is 6.08 Å². The topological polar surface area (TPSA) is 29.6 Å². The van der Waals surface area contributed by atoms with Crippen LogP contribution in [0.15, 0.2) is 36.0 Å². The predicted molar refractivity (Wildman–Crippen MR) is 85.2 cm³/mol. The molecule has 0 aromatic heterocycles. The van der Waals surface area contributed by atoms with Gasteiger partial charge in [0.05, 0.1) is 12.2 Å². The number of hydrogen-bond acceptors (Lipinski definition) is 2. The average molecular weight is 296 g/mol. The highest BCUT2D eigenvalue weighted by Crippen LogP contribution is 2.68. The summed E-state index contributed by atoms with van der Waals surface area (Å²) in [5.74, 6) is 2.27. The van der Waals surface area contributed by atoms with Gasteiger partial charge < -0.3 is 4.74 Å². The van der Waals surface area contributed by atoms with Gasteiger partial charge in [0.2, 0.25) is 0 Å². The van der Waals surface area contributed by atoms with Crippen LogP contribution in [0.3, 0.4) is 0 Å². The summed E-state index contributed by atoms with van der Waals surface area (Å²) in [5.41, 5.74) is 2.82. The smallest absolute Gasteiger partial charge is 0.178 e. The van der Waals surface area contributed by atoms with Gasteiger partial charge in [-0.1, -0.05) is 32.1 Å². The zero-order valence-corrected chi connectivity index (χ0v) is 13.5. The lowest BCUT2D eigenvalue weighted by Gasteiger charge is -2.57. The summed E-state index contributed by atoms with van der Waals surface area (Å²) in [4.78, 5) is 11.8. The van der Waals surface area contributed by atoms with Crippen LogP contribution in [0.4, 0.5) is 0 Å². The molecular formula is C20H24O2. The van der Waals surface area contributed by atoms with E-state index in [9.17, 15) is 4.79 Å². The molecular weight excluding hydrogens is 272 g/mol. The Morgan fingerprint density at radius 3 is 2.95 bits per heavy atom. The summed E-state index contributed by atoms with van der Waals surface area (Å²) in [6, 6.07) is 0. The van der Waals surface area contributed by atoms with E-state index in [0.29, 0.717) is 29.5 Å². The molecule has 22 heavy (non-hydrogen) atoms. The first-order valence-corrected chi connectivity index (χ1v) is 8.72. The van der Waals surface area contributed by atoms with Gasteiger partial charge in [-0.3, -0.25) is 4.79 Å². The van der Waals surface area contributed by atoms with E-state index in [4.69, 9.17) is 4.74 Å². The van der Waals surface area contributed by atoms with Gasteiger partial charge in [0.1, 0.15) is 0 Å². The molecule has 4 fully saturated rings. The molecule has 0 aromatic rings. The number of carbonyl (C=O) groups is 1. The van der Waals surface area contributed by atoms with Crippen molar-refractivity contribution < 1.29 is 9.53 Å². The largest absolute Gasteiger partial charge is 0.369 e. The lowest BCUT2D eigenvalue weighted by molar-refractivity contribution is -0.111. The first-order chi connectivity index (χ1) is 10.4. The molecule has 1 saturated heterocycles. The standard InChI is InChI=1S/C20H24O2/c1-11-8-13-14(19(2)6-4-12(21)9-15(11)19)5-7-20(3)16(13)10-17-18(20)22-17/h4,6,9,13-14,16-18H,1,5,7-8,10H2,2-3H3/t13-,14+,16+,17-,18-,19-,20+/m0/s1. The fourth-order valence-corrected chi connectivity index (χ4v) is 6.51. The van der Waals surface area contributed by atoms with E-state index < -0.39 is 0 Å². The Bertz CT molecular complexity index is 657. The third kappa shape index (κ3) is 1.43. The molecule has 5 aliphatic rings. The molecule has 1 aliphatic heterocycles. The number of hydrogen-bond donors (Lipinski definition) is 0. The summed E-state index contributed by atoms with van der Waals surface area (Å²) in [7, 11) is 0. The summed E-state index contributed by atoms with van der Waals surface area (Å²) in [5, 5.41) is 0. The van der Waals surface area contributed by atoms with Crippen LogP contribution < -0.4 is 0 Å². The molecule has 0 amide bonds. The molecule has 0 spiro atoms. The van der Waals surface area contributed by atoms with Crippen LogP contribution in [0, 0.1) is 28.6 Å². The van der Waals surface area contributed by atoms with Crippen LogP contribution in [0.2, 0.25) is 0 Å². The summed E-state index contributed by atoms with van der Waals surface area (Å²) < 4.78 is 5.89. The average Bonchev–Trinajstić information content (AvgIpc) is 3.19. The summed E-state index contributed by atoms with van der Waals surface area (Å²) in [6.45, 7) is 9.14. The molecule has 0 radical (unpaired) electrons. The van der Waals surface area contributed by atoms with Crippen molar-refractivity contribution in [2.24, 2.45) is 28.6 Å². The fraction of sp³-hybridized carbons (Fsp3) is 0.650. The van der Waals surface area contributed by atoms with Crippen molar-refractivity contribution in [3.63, 3.8) is 0 Å². The molecule has 0 bridgehead atoms. The van der Waals surface area contributed by atoms with E-state index in [1.54, 1.807) is 6.08 Å². The number of ketones is 1. The maximum Gasteiger partial charge on any atom is 0.178 e. The SMILES string of the molecule is C=C1C[C@@H]2[C@H]3C[C@@H]4O[C@@H]4[C@]3(C)CC[C@H]2[C@]2(C)C=CC(=O)C=C12. The number of carbonyl (C=O) groups excluding carboxylic acids is 1. The summed E-state index contributed by atoms with van der Waals surface area (Å²) in [6.07, 6.45) is 11.7. The Labute approximate surface area is 132 Å². The Balaban J connectivity index is 1.57. The van der Waals surface area contributed by atoms with Gasteiger partial charge in [-0.2, -0.15) is 0 Å². The predicted octanol–water partition coefficient (Wildman–Crippen LogP) is 3.84. The van der Waals surface area contributed by atoms with Crippen molar-refractivity contribution >= 4 is 5.78 Å². The zero-order valence-electron chi connectivity index (χ0n) is 13.5. The van der Waals surface area contributed by atoms with Gasteiger partial charge in [-0.15, -0.1) is 0 Å². The Hall–Kier alpha value is -1.15. The highest BCUT2D eigenvalue weighted by atomic mass is 16.6. The number of ether oxygens (including phenoxy) is 1. The van der Waals surface area contributed by atoms with Gasteiger partial charge >= 0.3 is 0 Å². The van der Waals surface area contributed by atoms with E-state index in [2.05, 4.69) is 26.5 Å². The van der Waals surface area contributed by atoms with Crippen molar-refractivity contribution in [2.45, 2.75) is 51.7 Å². The van der Waals surface area contributed by atoms with Gasteiger partial charge in [0, 0.05) is 5.41 Å². The minimum atomic E-state index is 0.0167. The number of fused-ring (bicyclic) bond motifs is 7. The number of rotatable bonds is 0. The maximum atomic E-state index is 11.8. The molecule has 5 rings (SSSR count). The van der Waals surface area contributed by atoms with E-state index in [1.165, 1.54) is 30.4 Å². The zero-order chi connectivity index (χ0) is 15.3. The molecule has 0 unspecified atom stereocenters. The molecule has 0 aromatic carbocycles. The van der Waals surface area contributed by atoms with Crippen LogP contribution in [0.1, 0.15) is 39.5 Å². The van der Waals surface area contributed by atoms with Crippen LogP contribution in [-0.4, -0.2) is 18.0 Å². The highest BCUT2D eigenvalue weighted by Gasteiger charge is 2.67. The van der Waals surface area contributed by atoms with Crippen LogP contribution in [-0.2, 0) is 9.53 Å². The second kappa shape index (κ2) is 3.84. The highest BCUT2D eigenvalue weighted by molar-refractivity contribution is 6.01. The normalized spacial score (nSPS) is 55.0. The third-order valence-electron chi connectivity index (χ3n) is 7.69. The van der Waals surface area contributed by atoms with E-state index >= 15 is 0 Å². The molecule has 4 aliphatic carbocycles. The molecule has 7 atom stereocenters. The lowest BCUT2D eigenvalue weighted by atomic mass is 9.47. The first-order valence-electron chi connectivity index (χ1n) is 8.72. The molecule has 2 heteroatoms. The van der Waals surface area contributed by atoms with E-state index in [0.717, 1.165) is 12.3 Å². The van der Waals surface area contributed by atoms with Crippen molar-refractivity contribution in [3.05, 3.63) is 36.0 Å². The maximum absolute atomic E-state index is 11.8. The van der Waals surface area contributed by atoms with Crippen molar-refractivity contribution in [1.82, 2.24) is 0 Å². The number of epoxide rings is 1. The molecule has 2 nitrogen and oxygen atoms in total. The van der Waals surface area contributed by atoms with Crippen molar-refractivity contribution in [3.8, 4) is 0 Å². The molecule has 116 valence electrons. The van der Waals surface area contributed by atoms with Crippen LogP contribution in [0.25, 0.3) is 0 Å². The quantitative estimate of drug-likeness (QED) is 0.636. The van der Waals surface area contributed by atoms with Gasteiger partial charge in [-0.05, 0) is 66.6 Å². The second-order valence-electron chi connectivity index (χ2n) is 8.64. The van der Waals surface area contributed by atoms with Crippen molar-refractivity contribution in [1.29, 1.82) is 0 Å².